The second kappa shape index (κ2) is 4.33. The molecule has 0 aromatic heterocycles. The molecule has 0 aliphatic rings. The molecule has 2 nitrogen and oxygen atoms in total. The summed E-state index contributed by atoms with van der Waals surface area (Å²) in [4.78, 5) is 11.7. The Morgan fingerprint density at radius 3 is 2.62 bits per heavy atom. The van der Waals surface area contributed by atoms with Crippen LogP contribution in [0.15, 0.2) is 17.0 Å². The molecule has 0 atom stereocenters. The van der Waals surface area contributed by atoms with E-state index in [1.807, 2.05) is 25.3 Å². The standard InChI is InChI=1S/C10H12O2S/c1-7-8(6-11)4-5-9(13-3)10(7)12-2/h4-6H,1-3H3. The second-order valence-corrected chi connectivity index (χ2v) is 3.48. The molecular formula is C10H12O2S. The van der Waals surface area contributed by atoms with Gasteiger partial charge in [0.2, 0.25) is 0 Å². The van der Waals surface area contributed by atoms with Gasteiger partial charge in [0.15, 0.2) is 0 Å². The van der Waals surface area contributed by atoms with Crippen molar-refractivity contribution in [3.8, 4) is 5.75 Å². The third kappa shape index (κ3) is 1.86. The van der Waals surface area contributed by atoms with Crippen molar-refractivity contribution in [3.05, 3.63) is 23.3 Å². The molecule has 1 aromatic carbocycles. The fourth-order valence-corrected chi connectivity index (χ4v) is 1.85. The molecule has 0 spiro atoms. The van der Waals surface area contributed by atoms with Gasteiger partial charge in [0.25, 0.3) is 0 Å². The molecule has 0 unspecified atom stereocenters. The number of rotatable bonds is 3. The number of benzene rings is 1. The average molecular weight is 196 g/mol. The fourth-order valence-electron chi connectivity index (χ4n) is 1.22. The summed E-state index contributed by atoms with van der Waals surface area (Å²) in [7, 11) is 1.62. The molecule has 3 heteroatoms. The van der Waals surface area contributed by atoms with E-state index < -0.39 is 0 Å². The van der Waals surface area contributed by atoms with Gasteiger partial charge in [0, 0.05) is 16.0 Å². The van der Waals surface area contributed by atoms with Gasteiger partial charge in [-0.3, -0.25) is 4.79 Å². The fraction of sp³-hybridized carbons (Fsp3) is 0.300. The van der Waals surface area contributed by atoms with Crippen molar-refractivity contribution in [2.75, 3.05) is 13.4 Å². The van der Waals surface area contributed by atoms with Crippen molar-refractivity contribution in [2.45, 2.75) is 11.8 Å². The van der Waals surface area contributed by atoms with Gasteiger partial charge in [-0.1, -0.05) is 6.07 Å². The van der Waals surface area contributed by atoms with E-state index in [2.05, 4.69) is 0 Å². The van der Waals surface area contributed by atoms with Crippen LogP contribution >= 0.6 is 11.8 Å². The van der Waals surface area contributed by atoms with E-state index >= 15 is 0 Å². The predicted octanol–water partition coefficient (Wildman–Crippen LogP) is 2.54. The Kier molecular flexibility index (Phi) is 3.37. The Labute approximate surface area is 82.3 Å². The monoisotopic (exact) mass is 196 g/mol. The van der Waals surface area contributed by atoms with E-state index in [-0.39, 0.29) is 0 Å². The number of thioether (sulfide) groups is 1. The number of hydrogen-bond acceptors (Lipinski definition) is 3. The topological polar surface area (TPSA) is 26.3 Å². The number of aldehydes is 1. The van der Waals surface area contributed by atoms with Gasteiger partial charge in [-0.2, -0.15) is 0 Å². The van der Waals surface area contributed by atoms with Crippen LogP contribution in [-0.4, -0.2) is 19.7 Å². The van der Waals surface area contributed by atoms with Crippen LogP contribution < -0.4 is 4.74 Å². The van der Waals surface area contributed by atoms with Crippen LogP contribution in [0.5, 0.6) is 5.75 Å². The minimum atomic E-state index is 0.689. The summed E-state index contributed by atoms with van der Waals surface area (Å²) in [6, 6.07) is 3.72. The summed E-state index contributed by atoms with van der Waals surface area (Å²) in [6.07, 6.45) is 2.83. The molecule has 1 rings (SSSR count). The summed E-state index contributed by atoms with van der Waals surface area (Å²) >= 11 is 1.61. The van der Waals surface area contributed by atoms with Crippen molar-refractivity contribution < 1.29 is 9.53 Å². The van der Waals surface area contributed by atoms with Gasteiger partial charge >= 0.3 is 0 Å². The highest BCUT2D eigenvalue weighted by Gasteiger charge is 2.08. The summed E-state index contributed by atoms with van der Waals surface area (Å²) in [5.41, 5.74) is 1.60. The highest BCUT2D eigenvalue weighted by atomic mass is 32.2. The summed E-state index contributed by atoms with van der Waals surface area (Å²) in [5, 5.41) is 0. The number of carbonyl (C=O) groups is 1. The molecule has 0 fully saturated rings. The highest BCUT2D eigenvalue weighted by Crippen LogP contribution is 2.32. The number of hydrogen-bond donors (Lipinski definition) is 0. The van der Waals surface area contributed by atoms with Crippen molar-refractivity contribution >= 4 is 18.0 Å². The Morgan fingerprint density at radius 1 is 1.46 bits per heavy atom. The third-order valence-electron chi connectivity index (χ3n) is 1.96. The molecule has 0 saturated heterocycles. The van der Waals surface area contributed by atoms with Crippen molar-refractivity contribution in [1.29, 1.82) is 0 Å². The van der Waals surface area contributed by atoms with Gasteiger partial charge in [0.05, 0.1) is 7.11 Å². The van der Waals surface area contributed by atoms with E-state index in [4.69, 9.17) is 4.74 Å². The van der Waals surface area contributed by atoms with Gasteiger partial charge in [0.1, 0.15) is 12.0 Å². The SMILES string of the molecule is COc1c(SC)ccc(C=O)c1C. The van der Waals surface area contributed by atoms with Crippen LogP contribution in [0.1, 0.15) is 15.9 Å². The molecule has 0 bridgehead atoms. The normalized spacial score (nSPS) is 9.77. The number of carbonyl (C=O) groups excluding carboxylic acids is 1. The van der Waals surface area contributed by atoms with Crippen LogP contribution in [0.4, 0.5) is 0 Å². The molecule has 13 heavy (non-hydrogen) atoms. The van der Waals surface area contributed by atoms with Crippen LogP contribution in [0.3, 0.4) is 0 Å². The second-order valence-electron chi connectivity index (χ2n) is 2.63. The number of ether oxygens (including phenoxy) is 1. The minimum absolute atomic E-state index is 0.689. The van der Waals surface area contributed by atoms with Gasteiger partial charge in [-0.25, -0.2) is 0 Å². The first-order valence-electron chi connectivity index (χ1n) is 3.91. The smallest absolute Gasteiger partial charge is 0.150 e. The molecular weight excluding hydrogens is 184 g/mol. The highest BCUT2D eigenvalue weighted by molar-refractivity contribution is 7.98. The molecule has 0 heterocycles. The molecule has 0 saturated carbocycles. The zero-order chi connectivity index (χ0) is 9.84. The zero-order valence-electron chi connectivity index (χ0n) is 7.96. The predicted molar refractivity (Wildman–Crippen MR) is 54.9 cm³/mol. The maximum Gasteiger partial charge on any atom is 0.150 e. The lowest BCUT2D eigenvalue weighted by Gasteiger charge is -2.10. The van der Waals surface area contributed by atoms with E-state index in [0.717, 1.165) is 22.5 Å². The van der Waals surface area contributed by atoms with Crippen LogP contribution in [0, 0.1) is 6.92 Å². The lowest BCUT2D eigenvalue weighted by atomic mass is 10.1. The largest absolute Gasteiger partial charge is 0.495 e. The van der Waals surface area contributed by atoms with Gasteiger partial charge in [-0.05, 0) is 19.2 Å². The van der Waals surface area contributed by atoms with Crippen molar-refractivity contribution in [3.63, 3.8) is 0 Å². The molecule has 0 amide bonds. The van der Waals surface area contributed by atoms with Gasteiger partial charge in [-0.15, -0.1) is 11.8 Å². The maximum atomic E-state index is 10.6. The van der Waals surface area contributed by atoms with E-state index in [1.165, 1.54) is 0 Å². The molecule has 70 valence electrons. The lowest BCUT2D eigenvalue weighted by Crippen LogP contribution is -1.94. The molecule has 0 N–H and O–H groups in total. The summed E-state index contributed by atoms with van der Waals surface area (Å²) in [5.74, 6) is 0.803. The zero-order valence-corrected chi connectivity index (χ0v) is 8.77. The average Bonchev–Trinajstić information content (AvgIpc) is 2.17. The molecule has 0 aliphatic carbocycles. The van der Waals surface area contributed by atoms with E-state index in [0.29, 0.717) is 5.56 Å². The van der Waals surface area contributed by atoms with Crippen molar-refractivity contribution in [1.82, 2.24) is 0 Å². The quantitative estimate of drug-likeness (QED) is 0.549. The minimum Gasteiger partial charge on any atom is -0.495 e. The Bertz CT molecular complexity index is 321. The Morgan fingerprint density at radius 2 is 2.15 bits per heavy atom. The summed E-state index contributed by atoms with van der Waals surface area (Å²) in [6.45, 7) is 1.89. The maximum absolute atomic E-state index is 10.6. The summed E-state index contributed by atoms with van der Waals surface area (Å²) < 4.78 is 5.23. The van der Waals surface area contributed by atoms with Crippen LogP contribution in [-0.2, 0) is 0 Å². The first-order chi connectivity index (χ1) is 6.24. The van der Waals surface area contributed by atoms with Gasteiger partial charge < -0.3 is 4.74 Å². The molecule has 0 radical (unpaired) electrons. The van der Waals surface area contributed by atoms with Crippen LogP contribution in [0.25, 0.3) is 0 Å². The third-order valence-corrected chi connectivity index (χ3v) is 2.72. The first kappa shape index (κ1) is 10.1. The van der Waals surface area contributed by atoms with Crippen LogP contribution in [0.2, 0.25) is 0 Å². The number of methoxy groups -OCH3 is 1. The lowest BCUT2D eigenvalue weighted by molar-refractivity contribution is 0.112. The first-order valence-corrected chi connectivity index (χ1v) is 5.13. The molecule has 0 aliphatic heterocycles. The van der Waals surface area contributed by atoms with Crippen molar-refractivity contribution in [2.24, 2.45) is 0 Å². The molecule has 1 aromatic rings. The Hall–Kier alpha value is -0.960. The van der Waals surface area contributed by atoms with E-state index in [9.17, 15) is 4.79 Å². The van der Waals surface area contributed by atoms with E-state index in [1.54, 1.807) is 18.9 Å². The Balaban J connectivity index is 3.31.